The lowest BCUT2D eigenvalue weighted by atomic mass is 9.85. The number of rotatable bonds is 1. The van der Waals surface area contributed by atoms with Gasteiger partial charge in [-0.2, -0.15) is 10.1 Å². The summed E-state index contributed by atoms with van der Waals surface area (Å²) >= 11 is 0. The SMILES string of the molecule is CC1CCn2nc(C3CCC3)nc2N1. The van der Waals surface area contributed by atoms with Gasteiger partial charge < -0.3 is 5.32 Å². The van der Waals surface area contributed by atoms with E-state index in [1.54, 1.807) is 0 Å². The summed E-state index contributed by atoms with van der Waals surface area (Å²) in [6.07, 6.45) is 5.05. The second kappa shape index (κ2) is 2.97. The highest BCUT2D eigenvalue weighted by atomic mass is 15.4. The van der Waals surface area contributed by atoms with E-state index in [4.69, 9.17) is 0 Å². The summed E-state index contributed by atoms with van der Waals surface area (Å²) in [5.41, 5.74) is 0. The first-order valence-corrected chi connectivity index (χ1v) is 5.54. The van der Waals surface area contributed by atoms with Crippen molar-refractivity contribution in [3.05, 3.63) is 5.82 Å². The summed E-state index contributed by atoms with van der Waals surface area (Å²) < 4.78 is 2.02. The molecule has 1 fully saturated rings. The lowest BCUT2D eigenvalue weighted by Crippen LogP contribution is -2.26. The minimum atomic E-state index is 0.543. The number of fused-ring (bicyclic) bond motifs is 1. The fourth-order valence-electron chi connectivity index (χ4n) is 2.07. The molecule has 1 aromatic heterocycles. The second-order valence-electron chi connectivity index (χ2n) is 4.48. The molecule has 2 aliphatic rings. The molecule has 1 N–H and O–H groups in total. The lowest BCUT2D eigenvalue weighted by Gasteiger charge is -2.21. The molecule has 14 heavy (non-hydrogen) atoms. The van der Waals surface area contributed by atoms with E-state index in [1.165, 1.54) is 19.3 Å². The third-order valence-electron chi connectivity index (χ3n) is 3.31. The smallest absolute Gasteiger partial charge is 0.221 e. The van der Waals surface area contributed by atoms with Gasteiger partial charge in [0.15, 0.2) is 5.82 Å². The van der Waals surface area contributed by atoms with Crippen molar-refractivity contribution < 1.29 is 0 Å². The van der Waals surface area contributed by atoms with Gasteiger partial charge in [0.05, 0.1) is 0 Å². The van der Waals surface area contributed by atoms with E-state index in [2.05, 4.69) is 22.3 Å². The van der Waals surface area contributed by atoms with Gasteiger partial charge in [0.2, 0.25) is 5.95 Å². The average Bonchev–Trinajstić information content (AvgIpc) is 2.43. The zero-order valence-electron chi connectivity index (χ0n) is 8.53. The predicted molar refractivity (Wildman–Crippen MR) is 54.3 cm³/mol. The molecule has 76 valence electrons. The fraction of sp³-hybridized carbons (Fsp3) is 0.800. The molecule has 0 amide bonds. The quantitative estimate of drug-likeness (QED) is 0.737. The number of aromatic nitrogens is 3. The minimum absolute atomic E-state index is 0.543. The summed E-state index contributed by atoms with van der Waals surface area (Å²) in [4.78, 5) is 4.56. The monoisotopic (exact) mass is 192 g/mol. The molecule has 1 aromatic rings. The first kappa shape index (κ1) is 8.26. The van der Waals surface area contributed by atoms with E-state index in [0.29, 0.717) is 12.0 Å². The molecule has 1 unspecified atom stereocenters. The topological polar surface area (TPSA) is 42.7 Å². The molecular formula is C10H16N4. The number of anilines is 1. The van der Waals surface area contributed by atoms with Crippen molar-refractivity contribution in [2.24, 2.45) is 0 Å². The molecule has 0 aromatic carbocycles. The largest absolute Gasteiger partial charge is 0.352 e. The van der Waals surface area contributed by atoms with Crippen LogP contribution in [0.1, 0.15) is 44.3 Å². The van der Waals surface area contributed by atoms with Crippen LogP contribution in [0.25, 0.3) is 0 Å². The average molecular weight is 192 g/mol. The summed E-state index contributed by atoms with van der Waals surface area (Å²) in [7, 11) is 0. The first-order chi connectivity index (χ1) is 6.83. The van der Waals surface area contributed by atoms with E-state index >= 15 is 0 Å². The maximum absolute atomic E-state index is 4.56. The van der Waals surface area contributed by atoms with Gasteiger partial charge in [-0.25, -0.2) is 4.68 Å². The van der Waals surface area contributed by atoms with Gasteiger partial charge in [-0.05, 0) is 26.2 Å². The summed E-state index contributed by atoms with van der Waals surface area (Å²) in [5, 5.41) is 7.92. The number of nitrogens with one attached hydrogen (secondary N) is 1. The Morgan fingerprint density at radius 1 is 1.36 bits per heavy atom. The molecule has 2 heterocycles. The molecule has 4 heteroatoms. The van der Waals surface area contributed by atoms with Crippen molar-refractivity contribution in [2.75, 3.05) is 5.32 Å². The third kappa shape index (κ3) is 1.21. The lowest BCUT2D eigenvalue weighted by molar-refractivity contribution is 0.397. The molecular weight excluding hydrogens is 176 g/mol. The Balaban J connectivity index is 1.87. The van der Waals surface area contributed by atoms with E-state index in [-0.39, 0.29) is 0 Å². The number of nitrogens with zero attached hydrogens (tertiary/aromatic N) is 3. The Labute approximate surface area is 83.7 Å². The third-order valence-corrected chi connectivity index (χ3v) is 3.31. The Kier molecular flexibility index (Phi) is 1.75. The minimum Gasteiger partial charge on any atom is -0.352 e. The molecule has 0 radical (unpaired) electrons. The Morgan fingerprint density at radius 3 is 2.93 bits per heavy atom. The van der Waals surface area contributed by atoms with Gasteiger partial charge in [-0.15, -0.1) is 0 Å². The van der Waals surface area contributed by atoms with E-state index in [1.807, 2.05) is 4.68 Å². The molecule has 1 aliphatic carbocycles. The summed E-state index contributed by atoms with van der Waals surface area (Å²) in [6, 6.07) is 0.543. The van der Waals surface area contributed by atoms with Crippen molar-refractivity contribution in [1.29, 1.82) is 0 Å². The van der Waals surface area contributed by atoms with E-state index < -0.39 is 0 Å². The van der Waals surface area contributed by atoms with E-state index in [0.717, 1.165) is 24.7 Å². The highest BCUT2D eigenvalue weighted by molar-refractivity contribution is 5.29. The Bertz CT molecular complexity index is 340. The zero-order chi connectivity index (χ0) is 9.54. The normalized spacial score (nSPS) is 26.5. The molecule has 1 atom stereocenters. The van der Waals surface area contributed by atoms with Crippen LogP contribution in [0.15, 0.2) is 0 Å². The van der Waals surface area contributed by atoms with Gasteiger partial charge in [-0.3, -0.25) is 0 Å². The molecule has 1 aliphatic heterocycles. The van der Waals surface area contributed by atoms with Gasteiger partial charge >= 0.3 is 0 Å². The van der Waals surface area contributed by atoms with Crippen LogP contribution in [0.2, 0.25) is 0 Å². The van der Waals surface area contributed by atoms with Crippen LogP contribution in [0.4, 0.5) is 5.95 Å². The first-order valence-electron chi connectivity index (χ1n) is 5.54. The van der Waals surface area contributed by atoms with Crippen LogP contribution in [0.3, 0.4) is 0 Å². The molecule has 1 saturated carbocycles. The summed E-state index contributed by atoms with van der Waals surface area (Å²) in [5.74, 6) is 2.68. The van der Waals surface area contributed by atoms with Crippen molar-refractivity contribution in [3.63, 3.8) is 0 Å². The number of hydrogen-bond donors (Lipinski definition) is 1. The predicted octanol–water partition coefficient (Wildman–Crippen LogP) is 1.75. The molecule has 0 spiro atoms. The summed E-state index contributed by atoms with van der Waals surface area (Å²) in [6.45, 7) is 3.21. The van der Waals surface area contributed by atoms with Crippen LogP contribution >= 0.6 is 0 Å². The fourth-order valence-corrected chi connectivity index (χ4v) is 2.07. The van der Waals surface area contributed by atoms with Crippen molar-refractivity contribution in [2.45, 2.75) is 51.1 Å². The molecule has 4 nitrogen and oxygen atoms in total. The number of aryl methyl sites for hydroxylation is 1. The van der Waals surface area contributed by atoms with Gasteiger partial charge in [0, 0.05) is 18.5 Å². The van der Waals surface area contributed by atoms with Crippen LogP contribution in [0, 0.1) is 0 Å². The van der Waals surface area contributed by atoms with Crippen LogP contribution < -0.4 is 5.32 Å². The maximum atomic E-state index is 4.56. The van der Waals surface area contributed by atoms with Crippen molar-refractivity contribution >= 4 is 5.95 Å². The zero-order valence-corrected chi connectivity index (χ0v) is 8.53. The van der Waals surface area contributed by atoms with Crippen LogP contribution in [-0.4, -0.2) is 20.8 Å². The van der Waals surface area contributed by atoms with Crippen molar-refractivity contribution in [3.8, 4) is 0 Å². The highest BCUT2D eigenvalue weighted by Crippen LogP contribution is 2.35. The molecule has 0 bridgehead atoms. The maximum Gasteiger partial charge on any atom is 0.221 e. The second-order valence-corrected chi connectivity index (χ2v) is 4.48. The number of hydrogen-bond acceptors (Lipinski definition) is 3. The van der Waals surface area contributed by atoms with E-state index in [9.17, 15) is 0 Å². The van der Waals surface area contributed by atoms with Crippen LogP contribution in [-0.2, 0) is 6.54 Å². The molecule has 0 saturated heterocycles. The van der Waals surface area contributed by atoms with Crippen LogP contribution in [0.5, 0.6) is 0 Å². The highest BCUT2D eigenvalue weighted by Gasteiger charge is 2.26. The molecule has 3 rings (SSSR count). The Morgan fingerprint density at radius 2 is 2.21 bits per heavy atom. The van der Waals surface area contributed by atoms with Gasteiger partial charge in [-0.1, -0.05) is 6.42 Å². The van der Waals surface area contributed by atoms with Gasteiger partial charge in [0.1, 0.15) is 0 Å². The van der Waals surface area contributed by atoms with Crippen molar-refractivity contribution in [1.82, 2.24) is 14.8 Å². The van der Waals surface area contributed by atoms with Gasteiger partial charge in [0.25, 0.3) is 0 Å². The Hall–Kier alpha value is -1.06. The standard InChI is InChI=1S/C10H16N4/c1-7-5-6-14-10(11-7)12-9(13-14)8-3-2-4-8/h7-8H,2-6H2,1H3,(H,11,12,13).